The van der Waals surface area contributed by atoms with Gasteiger partial charge >= 0.3 is 5.97 Å². The Balaban J connectivity index is 2.64. The topological polar surface area (TPSA) is 46.5 Å². The lowest BCUT2D eigenvalue weighted by atomic mass is 9.91. The first-order valence-corrected chi connectivity index (χ1v) is 4.22. The molecule has 1 saturated carbocycles. The van der Waals surface area contributed by atoms with Gasteiger partial charge in [0.2, 0.25) is 0 Å². The minimum atomic E-state index is -0.521. The second-order valence-electron chi connectivity index (χ2n) is 4.27. The van der Waals surface area contributed by atoms with Gasteiger partial charge in [0.25, 0.3) is 0 Å². The Labute approximate surface area is 72.7 Å². The van der Waals surface area contributed by atoms with Crippen LogP contribution in [0.15, 0.2) is 0 Å². The zero-order valence-electron chi connectivity index (χ0n) is 7.83. The number of carbonyl (C=O) groups is 1. The number of rotatable bonds is 1. The van der Waals surface area contributed by atoms with Crippen molar-refractivity contribution in [2.75, 3.05) is 7.11 Å². The molecule has 0 unspecified atom stereocenters. The van der Waals surface area contributed by atoms with Crippen LogP contribution in [0.1, 0.15) is 26.7 Å². The number of aliphatic hydroxyl groups excluding tert-OH is 1. The van der Waals surface area contributed by atoms with Gasteiger partial charge in [-0.05, 0) is 18.3 Å². The maximum absolute atomic E-state index is 11.1. The molecule has 0 aromatic heterocycles. The third-order valence-corrected chi connectivity index (χ3v) is 2.50. The molecule has 1 fully saturated rings. The summed E-state index contributed by atoms with van der Waals surface area (Å²) < 4.78 is 4.60. The van der Waals surface area contributed by atoms with Crippen molar-refractivity contribution < 1.29 is 14.6 Å². The molecule has 3 nitrogen and oxygen atoms in total. The molecule has 0 bridgehead atoms. The van der Waals surface area contributed by atoms with Crippen LogP contribution in [0.5, 0.6) is 0 Å². The van der Waals surface area contributed by atoms with Crippen molar-refractivity contribution in [2.45, 2.75) is 32.8 Å². The van der Waals surface area contributed by atoms with Crippen molar-refractivity contribution in [1.82, 2.24) is 0 Å². The Hall–Kier alpha value is -0.570. The number of carbonyl (C=O) groups excluding carboxylic acids is 1. The molecule has 1 aliphatic rings. The third-order valence-electron chi connectivity index (χ3n) is 2.50. The van der Waals surface area contributed by atoms with Crippen LogP contribution >= 0.6 is 0 Å². The number of hydrogen-bond acceptors (Lipinski definition) is 3. The molecule has 3 heteroatoms. The highest BCUT2D eigenvalue weighted by atomic mass is 16.5. The highest BCUT2D eigenvalue weighted by Crippen LogP contribution is 2.41. The van der Waals surface area contributed by atoms with Crippen molar-refractivity contribution in [3.8, 4) is 0 Å². The van der Waals surface area contributed by atoms with Crippen LogP contribution < -0.4 is 0 Å². The molecule has 2 atom stereocenters. The maximum atomic E-state index is 11.1. The van der Waals surface area contributed by atoms with Gasteiger partial charge in [0.15, 0.2) is 0 Å². The van der Waals surface area contributed by atoms with E-state index in [9.17, 15) is 9.90 Å². The summed E-state index contributed by atoms with van der Waals surface area (Å²) in [5, 5.41) is 9.53. The first kappa shape index (κ1) is 9.52. The molecule has 1 N–H and O–H groups in total. The molecule has 1 rings (SSSR count). The van der Waals surface area contributed by atoms with Crippen LogP contribution in [0.4, 0.5) is 0 Å². The summed E-state index contributed by atoms with van der Waals surface area (Å²) in [6.07, 6.45) is 0.889. The molecule has 0 aliphatic heterocycles. The minimum absolute atomic E-state index is 0.0677. The van der Waals surface area contributed by atoms with Gasteiger partial charge in [0.1, 0.15) is 0 Å². The maximum Gasteiger partial charge on any atom is 0.311 e. The number of methoxy groups -OCH3 is 1. The van der Waals surface area contributed by atoms with Crippen molar-refractivity contribution in [3.05, 3.63) is 0 Å². The standard InChI is InChI=1S/C9H16O3/c1-9(2)4-6(7(10)5-9)8(11)12-3/h6-7,10H,4-5H2,1-3H3/t6-,7+/m0/s1. The zero-order valence-corrected chi connectivity index (χ0v) is 7.83. The Bertz CT molecular complexity index is 186. The number of esters is 1. The molecule has 0 amide bonds. The molecule has 12 heavy (non-hydrogen) atoms. The predicted octanol–water partition coefficient (Wildman–Crippen LogP) is 0.956. The fourth-order valence-corrected chi connectivity index (χ4v) is 1.91. The van der Waals surface area contributed by atoms with E-state index in [1.54, 1.807) is 0 Å². The number of ether oxygens (including phenoxy) is 1. The zero-order chi connectivity index (χ0) is 9.35. The highest BCUT2D eigenvalue weighted by Gasteiger charge is 2.42. The van der Waals surface area contributed by atoms with Gasteiger partial charge in [0, 0.05) is 0 Å². The minimum Gasteiger partial charge on any atom is -0.469 e. The van der Waals surface area contributed by atoms with Gasteiger partial charge in [-0.15, -0.1) is 0 Å². The summed E-state index contributed by atoms with van der Waals surface area (Å²) in [6, 6.07) is 0. The van der Waals surface area contributed by atoms with Crippen molar-refractivity contribution in [3.63, 3.8) is 0 Å². The lowest BCUT2D eigenvalue weighted by molar-refractivity contribution is -0.148. The lowest BCUT2D eigenvalue weighted by Crippen LogP contribution is -2.23. The first-order valence-electron chi connectivity index (χ1n) is 4.22. The second-order valence-corrected chi connectivity index (χ2v) is 4.27. The van der Waals surface area contributed by atoms with Crippen molar-refractivity contribution in [2.24, 2.45) is 11.3 Å². The monoisotopic (exact) mass is 172 g/mol. The summed E-state index contributed by atoms with van der Waals surface area (Å²) in [5.74, 6) is -0.599. The second kappa shape index (κ2) is 3.05. The molecule has 0 radical (unpaired) electrons. The van der Waals surface area contributed by atoms with Gasteiger partial charge < -0.3 is 9.84 Å². The van der Waals surface area contributed by atoms with Crippen LogP contribution in [0.2, 0.25) is 0 Å². The molecule has 0 aromatic rings. The van der Waals surface area contributed by atoms with E-state index in [2.05, 4.69) is 18.6 Å². The summed E-state index contributed by atoms with van der Waals surface area (Å²) >= 11 is 0. The molecule has 70 valence electrons. The van der Waals surface area contributed by atoms with E-state index in [0.717, 1.165) is 6.42 Å². The average Bonchev–Trinajstić information content (AvgIpc) is 2.23. The average molecular weight is 172 g/mol. The normalized spacial score (nSPS) is 33.3. The summed E-state index contributed by atoms with van der Waals surface area (Å²) in [6.45, 7) is 4.11. The van der Waals surface area contributed by atoms with Crippen LogP contribution in [-0.4, -0.2) is 24.3 Å². The van der Waals surface area contributed by atoms with Gasteiger partial charge in [-0.3, -0.25) is 4.79 Å². The van der Waals surface area contributed by atoms with Gasteiger partial charge in [0.05, 0.1) is 19.1 Å². The highest BCUT2D eigenvalue weighted by molar-refractivity contribution is 5.73. The molecule has 1 aliphatic carbocycles. The Morgan fingerprint density at radius 2 is 2.08 bits per heavy atom. The lowest BCUT2D eigenvalue weighted by Gasteiger charge is -2.15. The van der Waals surface area contributed by atoms with E-state index >= 15 is 0 Å². The number of aliphatic hydroxyl groups is 1. The Kier molecular flexibility index (Phi) is 2.42. The van der Waals surface area contributed by atoms with E-state index in [4.69, 9.17) is 0 Å². The Morgan fingerprint density at radius 1 is 1.50 bits per heavy atom. The van der Waals surface area contributed by atoms with E-state index in [1.807, 2.05) is 0 Å². The molecule has 0 saturated heterocycles. The van der Waals surface area contributed by atoms with Crippen molar-refractivity contribution in [1.29, 1.82) is 0 Å². The van der Waals surface area contributed by atoms with Crippen LogP contribution in [-0.2, 0) is 9.53 Å². The van der Waals surface area contributed by atoms with Crippen molar-refractivity contribution >= 4 is 5.97 Å². The van der Waals surface area contributed by atoms with E-state index in [1.165, 1.54) is 7.11 Å². The molecular formula is C9H16O3. The third kappa shape index (κ3) is 1.78. The molecule has 0 aromatic carbocycles. The quantitative estimate of drug-likeness (QED) is 0.599. The molecular weight excluding hydrogens is 156 g/mol. The van der Waals surface area contributed by atoms with E-state index < -0.39 is 6.10 Å². The summed E-state index contributed by atoms with van der Waals surface area (Å²) in [7, 11) is 1.36. The van der Waals surface area contributed by atoms with Crippen LogP contribution in [0.3, 0.4) is 0 Å². The predicted molar refractivity (Wildman–Crippen MR) is 44.5 cm³/mol. The smallest absolute Gasteiger partial charge is 0.311 e. The first-order chi connectivity index (χ1) is 5.46. The molecule has 0 spiro atoms. The van der Waals surface area contributed by atoms with Gasteiger partial charge in [-0.2, -0.15) is 0 Å². The SMILES string of the molecule is COC(=O)[C@H]1CC(C)(C)C[C@H]1O. The van der Waals surface area contributed by atoms with E-state index in [-0.39, 0.29) is 17.3 Å². The van der Waals surface area contributed by atoms with E-state index in [0.29, 0.717) is 6.42 Å². The largest absolute Gasteiger partial charge is 0.469 e. The van der Waals surface area contributed by atoms with Gasteiger partial charge in [-0.1, -0.05) is 13.8 Å². The fraction of sp³-hybridized carbons (Fsp3) is 0.889. The summed E-state index contributed by atoms with van der Waals surface area (Å²) in [4.78, 5) is 11.1. The van der Waals surface area contributed by atoms with Crippen LogP contribution in [0, 0.1) is 11.3 Å². The molecule has 0 heterocycles. The summed E-state index contributed by atoms with van der Waals surface area (Å²) in [5.41, 5.74) is 0.0677. The number of hydrogen-bond donors (Lipinski definition) is 1. The Morgan fingerprint density at radius 3 is 2.42 bits per heavy atom. The van der Waals surface area contributed by atoms with Gasteiger partial charge in [-0.25, -0.2) is 0 Å². The van der Waals surface area contributed by atoms with Crippen LogP contribution in [0.25, 0.3) is 0 Å². The fourth-order valence-electron chi connectivity index (χ4n) is 1.91.